The average Bonchev–Trinajstić information content (AvgIpc) is 3.21. The van der Waals surface area contributed by atoms with Crippen LogP contribution in [0.25, 0.3) is 0 Å². The second-order valence-corrected chi connectivity index (χ2v) is 8.48. The van der Waals surface area contributed by atoms with Crippen LogP contribution >= 0.6 is 0 Å². The number of aliphatic imine (C=N–C) groups is 1. The first-order valence-corrected chi connectivity index (χ1v) is 11.2. The zero-order chi connectivity index (χ0) is 20.4. The van der Waals surface area contributed by atoms with Crippen molar-refractivity contribution in [2.75, 3.05) is 46.0 Å². The van der Waals surface area contributed by atoms with Crippen LogP contribution in [-0.4, -0.2) is 62.0 Å². The average molecular weight is 403 g/mol. The minimum absolute atomic E-state index is 0.0149. The van der Waals surface area contributed by atoms with Gasteiger partial charge >= 0.3 is 0 Å². The van der Waals surface area contributed by atoms with Crippen molar-refractivity contribution in [3.05, 3.63) is 35.4 Å². The summed E-state index contributed by atoms with van der Waals surface area (Å²) in [6, 6.07) is 8.88. The van der Waals surface area contributed by atoms with Crippen LogP contribution in [0.1, 0.15) is 50.2 Å². The van der Waals surface area contributed by atoms with Crippen LogP contribution in [0.15, 0.2) is 29.3 Å². The van der Waals surface area contributed by atoms with Gasteiger partial charge in [0.1, 0.15) is 0 Å². The first kappa shape index (κ1) is 22.1. The maximum atomic E-state index is 9.41. The lowest BCUT2D eigenvalue weighted by atomic mass is 9.84. The molecule has 0 amide bonds. The Morgan fingerprint density at radius 3 is 2.55 bits per heavy atom. The maximum Gasteiger partial charge on any atom is 0.191 e. The molecule has 2 fully saturated rings. The molecular weight excluding hydrogens is 364 g/mol. The molecule has 2 aliphatic rings. The first-order chi connectivity index (χ1) is 14.2. The number of guanidine groups is 1. The molecule has 162 valence electrons. The fraction of sp³-hybridized carbons (Fsp3) is 0.696. The van der Waals surface area contributed by atoms with Crippen molar-refractivity contribution in [1.82, 2.24) is 15.5 Å². The molecule has 0 radical (unpaired) electrons. The van der Waals surface area contributed by atoms with E-state index in [0.29, 0.717) is 13.2 Å². The summed E-state index contributed by atoms with van der Waals surface area (Å²) in [7, 11) is 0. The van der Waals surface area contributed by atoms with Crippen LogP contribution < -0.4 is 10.6 Å². The number of aliphatic hydroxyl groups excluding tert-OH is 1. The van der Waals surface area contributed by atoms with Gasteiger partial charge in [-0.15, -0.1) is 0 Å². The SMILES string of the molecule is CCNC(=NCc1ccc(CN2CCCCC2)cc1)NCC1(CCO)CCOC1. The molecular formula is C23H38N4O2. The standard InChI is InChI=1S/C23H38N4O2/c1-2-24-22(26-18-23(10-14-28)11-15-29-19-23)25-16-20-6-8-21(9-7-20)17-27-12-4-3-5-13-27/h6-9,28H,2-5,10-19H2,1H3,(H2,24,25,26). The van der Waals surface area contributed by atoms with E-state index >= 15 is 0 Å². The van der Waals surface area contributed by atoms with Gasteiger partial charge in [-0.3, -0.25) is 4.90 Å². The lowest BCUT2D eigenvalue weighted by molar-refractivity contribution is 0.127. The Balaban J connectivity index is 1.52. The smallest absolute Gasteiger partial charge is 0.191 e. The number of piperidine rings is 1. The summed E-state index contributed by atoms with van der Waals surface area (Å²) >= 11 is 0. The number of nitrogens with one attached hydrogen (secondary N) is 2. The third kappa shape index (κ3) is 6.98. The van der Waals surface area contributed by atoms with E-state index in [-0.39, 0.29) is 12.0 Å². The number of rotatable bonds is 9. The Labute approximate surface area is 175 Å². The summed E-state index contributed by atoms with van der Waals surface area (Å²) in [6.07, 6.45) is 5.79. The summed E-state index contributed by atoms with van der Waals surface area (Å²) in [4.78, 5) is 7.32. The highest BCUT2D eigenvalue weighted by Gasteiger charge is 2.34. The predicted octanol–water partition coefficient (Wildman–Crippen LogP) is 2.52. The molecule has 29 heavy (non-hydrogen) atoms. The minimum atomic E-state index is 0.0149. The molecule has 6 nitrogen and oxygen atoms in total. The third-order valence-corrected chi connectivity index (χ3v) is 6.10. The lowest BCUT2D eigenvalue weighted by Gasteiger charge is -2.27. The van der Waals surface area contributed by atoms with Crippen LogP contribution in [0.2, 0.25) is 0 Å². The van der Waals surface area contributed by atoms with Gasteiger partial charge in [0, 0.05) is 38.3 Å². The van der Waals surface area contributed by atoms with Crippen molar-refractivity contribution in [1.29, 1.82) is 0 Å². The Morgan fingerprint density at radius 2 is 1.90 bits per heavy atom. The minimum Gasteiger partial charge on any atom is -0.396 e. The molecule has 3 N–H and O–H groups in total. The number of hydrogen-bond donors (Lipinski definition) is 3. The molecule has 6 heteroatoms. The van der Waals surface area contributed by atoms with Gasteiger partial charge in [-0.05, 0) is 56.8 Å². The Kier molecular flexibility index (Phi) is 8.77. The molecule has 0 spiro atoms. The molecule has 0 aliphatic carbocycles. The second kappa shape index (κ2) is 11.5. The van der Waals surface area contributed by atoms with E-state index in [2.05, 4.69) is 46.7 Å². The summed E-state index contributed by atoms with van der Waals surface area (Å²) in [5, 5.41) is 16.2. The predicted molar refractivity (Wildman–Crippen MR) is 118 cm³/mol. The molecule has 0 saturated carbocycles. The van der Waals surface area contributed by atoms with Gasteiger partial charge in [-0.25, -0.2) is 4.99 Å². The molecule has 1 atom stereocenters. The molecule has 1 aromatic rings. The fourth-order valence-corrected chi connectivity index (χ4v) is 4.22. The fourth-order valence-electron chi connectivity index (χ4n) is 4.22. The quantitative estimate of drug-likeness (QED) is 0.437. The largest absolute Gasteiger partial charge is 0.396 e. The van der Waals surface area contributed by atoms with Crippen LogP contribution in [0.4, 0.5) is 0 Å². The Hall–Kier alpha value is -1.63. The molecule has 2 saturated heterocycles. The number of nitrogens with zero attached hydrogens (tertiary/aromatic N) is 2. The number of ether oxygens (including phenoxy) is 1. The van der Waals surface area contributed by atoms with E-state index in [1.54, 1.807) is 0 Å². The molecule has 3 rings (SSSR count). The van der Waals surface area contributed by atoms with Gasteiger partial charge in [0.05, 0.1) is 13.2 Å². The molecule has 0 aromatic heterocycles. The number of benzene rings is 1. The molecule has 1 unspecified atom stereocenters. The summed E-state index contributed by atoms with van der Waals surface area (Å²) < 4.78 is 5.59. The molecule has 1 aromatic carbocycles. The van der Waals surface area contributed by atoms with Crippen LogP contribution in [0, 0.1) is 5.41 Å². The van der Waals surface area contributed by atoms with E-state index in [1.807, 2.05) is 0 Å². The highest BCUT2D eigenvalue weighted by atomic mass is 16.5. The lowest BCUT2D eigenvalue weighted by Crippen LogP contribution is -2.44. The van der Waals surface area contributed by atoms with E-state index in [0.717, 1.165) is 45.0 Å². The zero-order valence-corrected chi connectivity index (χ0v) is 18.0. The highest BCUT2D eigenvalue weighted by molar-refractivity contribution is 5.79. The first-order valence-electron chi connectivity index (χ1n) is 11.2. The van der Waals surface area contributed by atoms with Crippen LogP contribution in [-0.2, 0) is 17.8 Å². The maximum absolute atomic E-state index is 9.41. The van der Waals surface area contributed by atoms with Crippen molar-refractivity contribution < 1.29 is 9.84 Å². The summed E-state index contributed by atoms with van der Waals surface area (Å²) in [6.45, 7) is 9.53. The normalized spacial score (nSPS) is 23.3. The van der Waals surface area contributed by atoms with E-state index < -0.39 is 0 Å². The van der Waals surface area contributed by atoms with Crippen molar-refractivity contribution in [3.8, 4) is 0 Å². The van der Waals surface area contributed by atoms with Gasteiger partial charge < -0.3 is 20.5 Å². The van der Waals surface area contributed by atoms with Gasteiger partial charge in [0.25, 0.3) is 0 Å². The van der Waals surface area contributed by atoms with Crippen LogP contribution in [0.3, 0.4) is 0 Å². The molecule has 2 heterocycles. The van der Waals surface area contributed by atoms with E-state index in [1.165, 1.54) is 43.5 Å². The van der Waals surface area contributed by atoms with Gasteiger partial charge in [0.15, 0.2) is 5.96 Å². The monoisotopic (exact) mass is 402 g/mol. The topological polar surface area (TPSA) is 69.1 Å². The van der Waals surface area contributed by atoms with Gasteiger partial charge in [0.2, 0.25) is 0 Å². The van der Waals surface area contributed by atoms with E-state index in [4.69, 9.17) is 9.73 Å². The highest BCUT2D eigenvalue weighted by Crippen LogP contribution is 2.31. The molecule has 0 bridgehead atoms. The summed E-state index contributed by atoms with van der Waals surface area (Å²) in [5.74, 6) is 0.828. The Bertz CT molecular complexity index is 620. The van der Waals surface area contributed by atoms with Crippen molar-refractivity contribution in [3.63, 3.8) is 0 Å². The second-order valence-electron chi connectivity index (χ2n) is 8.48. The Morgan fingerprint density at radius 1 is 1.14 bits per heavy atom. The van der Waals surface area contributed by atoms with Crippen molar-refractivity contribution >= 4 is 5.96 Å². The number of hydrogen-bond acceptors (Lipinski definition) is 4. The van der Waals surface area contributed by atoms with Crippen molar-refractivity contribution in [2.45, 2.75) is 52.1 Å². The third-order valence-electron chi connectivity index (χ3n) is 6.10. The van der Waals surface area contributed by atoms with Crippen LogP contribution in [0.5, 0.6) is 0 Å². The number of aliphatic hydroxyl groups is 1. The van der Waals surface area contributed by atoms with E-state index in [9.17, 15) is 5.11 Å². The van der Waals surface area contributed by atoms with Gasteiger partial charge in [-0.2, -0.15) is 0 Å². The molecule has 2 aliphatic heterocycles. The summed E-state index contributed by atoms with van der Waals surface area (Å²) in [5.41, 5.74) is 2.62. The van der Waals surface area contributed by atoms with Gasteiger partial charge in [-0.1, -0.05) is 30.7 Å². The number of likely N-dealkylation sites (tertiary alicyclic amines) is 1. The zero-order valence-electron chi connectivity index (χ0n) is 18.0. The van der Waals surface area contributed by atoms with Crippen molar-refractivity contribution in [2.24, 2.45) is 10.4 Å².